The van der Waals surface area contributed by atoms with E-state index in [2.05, 4.69) is 10.0 Å². The van der Waals surface area contributed by atoms with Gasteiger partial charge >= 0.3 is 6.18 Å². The number of nitrogens with one attached hydrogen (secondary N) is 2. The monoisotopic (exact) mass is 416 g/mol. The summed E-state index contributed by atoms with van der Waals surface area (Å²) in [6.45, 7) is 3.62. The maximum absolute atomic E-state index is 12.8. The number of carbonyl (C=O) groups excluding carboxylic acids is 1. The van der Waals surface area contributed by atoms with Gasteiger partial charge in [-0.2, -0.15) is 13.2 Å². The summed E-state index contributed by atoms with van der Waals surface area (Å²) in [5.74, 6) is -0.686. The quantitative estimate of drug-likeness (QED) is 0.722. The molecule has 10 heteroatoms. The first-order valence-electron chi connectivity index (χ1n) is 8.33. The standard InChI is InChI=1S/C18H19F3N2O4S/c1-3-22-28(25,26)16-10-12(8-9-15(16)27-4-2)17(24)23-14-7-5-6-13(11-14)18(19,20)21/h5-11,22H,3-4H2,1-2H3,(H,23,24). The summed E-state index contributed by atoms with van der Waals surface area (Å²) < 4.78 is 70.8. The number of sulfonamides is 1. The van der Waals surface area contributed by atoms with Gasteiger partial charge in [-0.3, -0.25) is 4.79 Å². The molecule has 0 atom stereocenters. The van der Waals surface area contributed by atoms with Crippen molar-refractivity contribution in [3.05, 3.63) is 53.6 Å². The fourth-order valence-corrected chi connectivity index (χ4v) is 3.59. The lowest BCUT2D eigenvalue weighted by Crippen LogP contribution is -2.24. The zero-order valence-corrected chi connectivity index (χ0v) is 15.9. The molecular weight excluding hydrogens is 397 g/mol. The smallest absolute Gasteiger partial charge is 0.416 e. The third kappa shape index (κ3) is 5.23. The van der Waals surface area contributed by atoms with Gasteiger partial charge in [-0.25, -0.2) is 13.1 Å². The Morgan fingerprint density at radius 1 is 1.11 bits per heavy atom. The highest BCUT2D eigenvalue weighted by Crippen LogP contribution is 2.31. The molecule has 0 fully saturated rings. The number of halogens is 3. The third-order valence-corrected chi connectivity index (χ3v) is 5.14. The van der Waals surface area contributed by atoms with E-state index in [1.165, 1.54) is 18.2 Å². The number of amides is 1. The van der Waals surface area contributed by atoms with Gasteiger partial charge in [0.05, 0.1) is 12.2 Å². The lowest BCUT2D eigenvalue weighted by molar-refractivity contribution is -0.137. The fourth-order valence-electron chi connectivity index (χ4n) is 2.38. The number of rotatable bonds is 7. The van der Waals surface area contributed by atoms with Crippen LogP contribution in [0.4, 0.5) is 18.9 Å². The molecule has 0 unspecified atom stereocenters. The van der Waals surface area contributed by atoms with Crippen LogP contribution in [0.5, 0.6) is 5.75 Å². The predicted molar refractivity (Wildman–Crippen MR) is 97.9 cm³/mol. The SMILES string of the molecule is CCNS(=O)(=O)c1cc(C(=O)Nc2cccc(C(F)(F)F)c2)ccc1OCC. The molecule has 1 amide bonds. The molecule has 0 radical (unpaired) electrons. The largest absolute Gasteiger partial charge is 0.492 e. The van der Waals surface area contributed by atoms with Crippen LogP contribution < -0.4 is 14.8 Å². The first-order valence-corrected chi connectivity index (χ1v) is 9.82. The zero-order valence-electron chi connectivity index (χ0n) is 15.1. The zero-order chi connectivity index (χ0) is 20.9. The number of ether oxygens (including phenoxy) is 1. The minimum atomic E-state index is -4.55. The van der Waals surface area contributed by atoms with Crippen molar-refractivity contribution in [1.29, 1.82) is 0 Å². The van der Waals surface area contributed by atoms with E-state index in [0.717, 1.165) is 24.3 Å². The maximum Gasteiger partial charge on any atom is 0.416 e. The molecule has 0 saturated heterocycles. The Balaban J connectivity index is 2.36. The first-order chi connectivity index (χ1) is 13.1. The van der Waals surface area contributed by atoms with Crippen molar-refractivity contribution in [2.24, 2.45) is 0 Å². The van der Waals surface area contributed by atoms with Gasteiger partial charge < -0.3 is 10.1 Å². The number of anilines is 1. The van der Waals surface area contributed by atoms with Gasteiger partial charge in [0, 0.05) is 17.8 Å². The second kappa shape index (κ2) is 8.61. The topological polar surface area (TPSA) is 84.5 Å². The van der Waals surface area contributed by atoms with Crippen LogP contribution in [0.2, 0.25) is 0 Å². The summed E-state index contributed by atoms with van der Waals surface area (Å²) in [6, 6.07) is 7.92. The van der Waals surface area contributed by atoms with E-state index in [9.17, 15) is 26.4 Å². The molecule has 0 aliphatic heterocycles. The number of hydrogen-bond acceptors (Lipinski definition) is 4. The minimum absolute atomic E-state index is 0.0441. The van der Waals surface area contributed by atoms with Crippen LogP contribution in [-0.4, -0.2) is 27.5 Å². The molecule has 28 heavy (non-hydrogen) atoms. The van der Waals surface area contributed by atoms with E-state index < -0.39 is 27.7 Å². The van der Waals surface area contributed by atoms with Crippen molar-refractivity contribution in [2.75, 3.05) is 18.5 Å². The van der Waals surface area contributed by atoms with Gasteiger partial charge in [-0.1, -0.05) is 13.0 Å². The van der Waals surface area contributed by atoms with Crippen molar-refractivity contribution in [3.63, 3.8) is 0 Å². The molecule has 2 aromatic carbocycles. The van der Waals surface area contributed by atoms with Gasteiger partial charge in [0.1, 0.15) is 10.6 Å². The molecule has 0 spiro atoms. The molecule has 0 bridgehead atoms. The van der Waals surface area contributed by atoms with E-state index in [1.54, 1.807) is 13.8 Å². The van der Waals surface area contributed by atoms with E-state index >= 15 is 0 Å². The summed E-state index contributed by atoms with van der Waals surface area (Å²) in [5.41, 5.74) is -1.02. The summed E-state index contributed by atoms with van der Waals surface area (Å²) in [7, 11) is -3.92. The molecule has 0 saturated carbocycles. The van der Waals surface area contributed by atoms with Crippen molar-refractivity contribution in [1.82, 2.24) is 4.72 Å². The predicted octanol–water partition coefficient (Wildman–Crippen LogP) is 3.65. The third-order valence-electron chi connectivity index (χ3n) is 3.58. The fraction of sp³-hybridized carbons (Fsp3) is 0.278. The molecule has 2 N–H and O–H groups in total. The van der Waals surface area contributed by atoms with Gasteiger partial charge in [0.2, 0.25) is 10.0 Å². The molecule has 6 nitrogen and oxygen atoms in total. The van der Waals surface area contributed by atoms with E-state index in [4.69, 9.17) is 4.74 Å². The van der Waals surface area contributed by atoms with Crippen molar-refractivity contribution >= 4 is 21.6 Å². The van der Waals surface area contributed by atoms with Crippen molar-refractivity contribution in [3.8, 4) is 5.75 Å². The van der Waals surface area contributed by atoms with Crippen LogP contribution in [0.15, 0.2) is 47.4 Å². The molecule has 0 heterocycles. The minimum Gasteiger partial charge on any atom is -0.492 e. The Bertz CT molecular complexity index is 960. The maximum atomic E-state index is 12.8. The Hall–Kier alpha value is -2.59. The summed E-state index contributed by atoms with van der Waals surface area (Å²) in [6.07, 6.45) is -4.55. The molecular formula is C18H19F3N2O4S. The van der Waals surface area contributed by atoms with E-state index in [1.807, 2.05) is 0 Å². The molecule has 2 rings (SSSR count). The average molecular weight is 416 g/mol. The second-order valence-corrected chi connectivity index (χ2v) is 7.36. The van der Waals surface area contributed by atoms with Crippen LogP contribution in [0.25, 0.3) is 0 Å². The van der Waals surface area contributed by atoms with Gasteiger partial charge in [-0.05, 0) is 43.3 Å². The highest BCUT2D eigenvalue weighted by molar-refractivity contribution is 7.89. The molecule has 0 aliphatic rings. The molecule has 0 aromatic heterocycles. The average Bonchev–Trinajstić information content (AvgIpc) is 2.61. The summed E-state index contributed by atoms with van der Waals surface area (Å²) >= 11 is 0. The van der Waals surface area contributed by atoms with Crippen molar-refractivity contribution in [2.45, 2.75) is 24.9 Å². The molecule has 0 aliphatic carbocycles. The highest BCUT2D eigenvalue weighted by atomic mass is 32.2. The van der Waals surface area contributed by atoms with Crippen LogP contribution in [0.3, 0.4) is 0 Å². The highest BCUT2D eigenvalue weighted by Gasteiger charge is 2.30. The second-order valence-electron chi connectivity index (χ2n) is 5.63. The summed E-state index contributed by atoms with van der Waals surface area (Å²) in [4.78, 5) is 12.2. The lowest BCUT2D eigenvalue weighted by atomic mass is 10.1. The van der Waals surface area contributed by atoms with Crippen LogP contribution in [0, 0.1) is 0 Å². The Morgan fingerprint density at radius 3 is 2.43 bits per heavy atom. The number of carbonyl (C=O) groups is 1. The van der Waals surface area contributed by atoms with Gasteiger partial charge in [0.15, 0.2) is 0 Å². The van der Waals surface area contributed by atoms with E-state index in [-0.39, 0.29) is 35.0 Å². The number of alkyl halides is 3. The van der Waals surface area contributed by atoms with Gasteiger partial charge in [-0.15, -0.1) is 0 Å². The Morgan fingerprint density at radius 2 is 1.82 bits per heavy atom. The number of benzene rings is 2. The summed E-state index contributed by atoms with van der Waals surface area (Å²) in [5, 5.41) is 2.34. The number of hydrogen-bond donors (Lipinski definition) is 2. The molecule has 2 aromatic rings. The lowest BCUT2D eigenvalue weighted by Gasteiger charge is -2.13. The Labute approximate surface area is 160 Å². The normalized spacial score (nSPS) is 11.9. The first kappa shape index (κ1) is 21.7. The Kier molecular flexibility index (Phi) is 6.68. The van der Waals surface area contributed by atoms with Crippen LogP contribution in [-0.2, 0) is 16.2 Å². The molecule has 152 valence electrons. The van der Waals surface area contributed by atoms with Crippen LogP contribution >= 0.6 is 0 Å². The van der Waals surface area contributed by atoms with Crippen molar-refractivity contribution < 1.29 is 31.1 Å². The van der Waals surface area contributed by atoms with E-state index in [0.29, 0.717) is 0 Å². The van der Waals surface area contributed by atoms with Crippen LogP contribution in [0.1, 0.15) is 29.8 Å². The van der Waals surface area contributed by atoms with Gasteiger partial charge in [0.25, 0.3) is 5.91 Å².